The topological polar surface area (TPSA) is 136 Å². The van der Waals surface area contributed by atoms with Gasteiger partial charge in [-0.25, -0.2) is 0 Å². The zero-order valence-corrected chi connectivity index (χ0v) is 16.9. The Labute approximate surface area is 166 Å². The molecule has 28 heavy (non-hydrogen) atoms. The summed E-state index contributed by atoms with van der Waals surface area (Å²) in [5, 5.41) is 12.5. The highest BCUT2D eigenvalue weighted by Crippen LogP contribution is 2.18. The molecule has 0 aliphatic carbocycles. The average Bonchev–Trinajstić information content (AvgIpc) is 2.67. The smallest absolute Gasteiger partial charge is 0.226 e. The van der Waals surface area contributed by atoms with E-state index in [1.54, 1.807) is 13.8 Å². The van der Waals surface area contributed by atoms with E-state index in [1.807, 2.05) is 30.3 Å². The number of nitrogens with two attached hydrogens (primary N) is 2. The molecular weight excluding hydrogens is 358 g/mol. The first-order valence-electron chi connectivity index (χ1n) is 9.71. The number of benzene rings is 1. The van der Waals surface area contributed by atoms with Crippen molar-refractivity contribution in [2.24, 2.45) is 23.3 Å². The summed E-state index contributed by atoms with van der Waals surface area (Å²) in [7, 11) is 0. The second-order valence-electron chi connectivity index (χ2n) is 7.50. The Morgan fingerprint density at radius 1 is 1.11 bits per heavy atom. The molecule has 0 aliphatic heterocycles. The van der Waals surface area contributed by atoms with Crippen LogP contribution in [0.25, 0.3) is 0 Å². The maximum absolute atomic E-state index is 12.5. The van der Waals surface area contributed by atoms with Crippen LogP contribution in [-0.4, -0.2) is 41.3 Å². The summed E-state index contributed by atoms with van der Waals surface area (Å²) in [4.78, 5) is 37.0. The summed E-state index contributed by atoms with van der Waals surface area (Å²) in [6.07, 6.45) is -0.483. The lowest BCUT2D eigenvalue weighted by molar-refractivity contribution is -0.135. The number of aliphatic hydroxyl groups is 1. The van der Waals surface area contributed by atoms with E-state index in [1.165, 1.54) is 6.92 Å². The summed E-state index contributed by atoms with van der Waals surface area (Å²) in [6, 6.07) is 8.38. The molecule has 0 spiro atoms. The maximum Gasteiger partial charge on any atom is 0.226 e. The lowest BCUT2D eigenvalue weighted by Gasteiger charge is -2.23. The molecule has 4 atom stereocenters. The van der Waals surface area contributed by atoms with Gasteiger partial charge >= 0.3 is 0 Å². The number of hydrogen-bond donors (Lipinski definition) is 4. The highest BCUT2D eigenvalue weighted by Gasteiger charge is 2.30. The molecule has 0 bridgehead atoms. The predicted molar refractivity (Wildman–Crippen MR) is 108 cm³/mol. The van der Waals surface area contributed by atoms with Gasteiger partial charge in [0, 0.05) is 31.3 Å². The van der Waals surface area contributed by atoms with Crippen molar-refractivity contribution < 1.29 is 19.5 Å². The minimum absolute atomic E-state index is 0.0326. The van der Waals surface area contributed by atoms with Gasteiger partial charge in [0.1, 0.15) is 5.78 Å². The van der Waals surface area contributed by atoms with Gasteiger partial charge < -0.3 is 21.9 Å². The van der Waals surface area contributed by atoms with Crippen LogP contribution in [0.1, 0.15) is 51.6 Å². The number of aliphatic hydroxyl groups excluding tert-OH is 1. The molecule has 1 aromatic rings. The number of rotatable bonds is 12. The van der Waals surface area contributed by atoms with Crippen LogP contribution in [0.3, 0.4) is 0 Å². The van der Waals surface area contributed by atoms with Gasteiger partial charge in [-0.3, -0.25) is 14.4 Å². The zero-order valence-electron chi connectivity index (χ0n) is 16.9. The molecule has 1 aromatic carbocycles. The number of carbonyl (C=O) groups is 3. The molecule has 0 aromatic heterocycles. The molecule has 7 nitrogen and oxygen atoms in total. The summed E-state index contributed by atoms with van der Waals surface area (Å²) in [5.74, 6) is -2.10. The third kappa shape index (κ3) is 7.50. The van der Waals surface area contributed by atoms with Gasteiger partial charge in [0.15, 0.2) is 5.78 Å². The second-order valence-corrected chi connectivity index (χ2v) is 7.50. The Morgan fingerprint density at radius 2 is 1.71 bits per heavy atom. The molecule has 0 saturated heterocycles. The van der Waals surface area contributed by atoms with Crippen LogP contribution in [-0.2, 0) is 14.4 Å². The van der Waals surface area contributed by atoms with Crippen molar-refractivity contribution in [2.45, 2.75) is 58.2 Å². The number of nitrogens with one attached hydrogen (secondary N) is 1. The van der Waals surface area contributed by atoms with Crippen molar-refractivity contribution in [3.05, 3.63) is 35.9 Å². The van der Waals surface area contributed by atoms with Gasteiger partial charge in [0.05, 0.1) is 18.1 Å². The summed E-state index contributed by atoms with van der Waals surface area (Å²) in [5.41, 5.74) is 12.6. The van der Waals surface area contributed by atoms with E-state index in [9.17, 15) is 19.5 Å². The number of Topliss-reactive ketones (excluding diaryl/α,β-unsaturated/α-hetero) is 2. The van der Waals surface area contributed by atoms with Crippen molar-refractivity contribution >= 4 is 17.5 Å². The van der Waals surface area contributed by atoms with E-state index in [2.05, 4.69) is 5.32 Å². The molecule has 2 unspecified atom stereocenters. The SMILES string of the molecule is CC(C)C(=O)[C@H](CN)NC(=O)[C@@H](CC(=O)CCC(N)c1ccccc1)C(C)O. The molecule has 0 aliphatic rings. The van der Waals surface area contributed by atoms with E-state index in [4.69, 9.17) is 11.5 Å². The van der Waals surface area contributed by atoms with Gasteiger partial charge in [0.25, 0.3) is 0 Å². The molecule has 0 heterocycles. The molecule has 156 valence electrons. The fourth-order valence-electron chi connectivity index (χ4n) is 2.94. The lowest BCUT2D eigenvalue weighted by Crippen LogP contribution is -2.50. The lowest BCUT2D eigenvalue weighted by atomic mass is 9.92. The van der Waals surface area contributed by atoms with Crippen LogP contribution in [0, 0.1) is 11.8 Å². The molecule has 0 fully saturated rings. The van der Waals surface area contributed by atoms with E-state index in [0.29, 0.717) is 6.42 Å². The summed E-state index contributed by atoms with van der Waals surface area (Å²) < 4.78 is 0. The van der Waals surface area contributed by atoms with Crippen molar-refractivity contribution in [3.63, 3.8) is 0 Å². The maximum atomic E-state index is 12.5. The molecule has 0 saturated carbocycles. The van der Waals surface area contributed by atoms with Crippen molar-refractivity contribution in [1.29, 1.82) is 0 Å². The summed E-state index contributed by atoms with van der Waals surface area (Å²) in [6.45, 7) is 4.87. The average molecular weight is 392 g/mol. The minimum atomic E-state index is -1.03. The number of carbonyl (C=O) groups excluding carboxylic acids is 3. The zero-order chi connectivity index (χ0) is 21.3. The van der Waals surface area contributed by atoms with Gasteiger partial charge in [-0.05, 0) is 18.9 Å². The Hall–Kier alpha value is -2.09. The Bertz CT molecular complexity index is 646. The monoisotopic (exact) mass is 391 g/mol. The van der Waals surface area contributed by atoms with Crippen LogP contribution >= 0.6 is 0 Å². The first kappa shape index (κ1) is 23.9. The highest BCUT2D eigenvalue weighted by molar-refractivity contribution is 5.93. The first-order valence-corrected chi connectivity index (χ1v) is 9.71. The van der Waals surface area contributed by atoms with Crippen LogP contribution in [0.5, 0.6) is 0 Å². The van der Waals surface area contributed by atoms with E-state index in [0.717, 1.165) is 5.56 Å². The van der Waals surface area contributed by atoms with Crippen LogP contribution in [0.2, 0.25) is 0 Å². The third-order valence-corrected chi connectivity index (χ3v) is 4.79. The number of ketones is 2. The second kappa shape index (κ2) is 11.7. The minimum Gasteiger partial charge on any atom is -0.393 e. The molecule has 6 N–H and O–H groups in total. The summed E-state index contributed by atoms with van der Waals surface area (Å²) >= 11 is 0. The Morgan fingerprint density at radius 3 is 2.21 bits per heavy atom. The third-order valence-electron chi connectivity index (χ3n) is 4.79. The normalized spacial score (nSPS) is 15.5. The highest BCUT2D eigenvalue weighted by atomic mass is 16.3. The van der Waals surface area contributed by atoms with Gasteiger partial charge in [-0.15, -0.1) is 0 Å². The predicted octanol–water partition coefficient (Wildman–Crippen LogP) is 1.09. The van der Waals surface area contributed by atoms with E-state index >= 15 is 0 Å². The standard InChI is InChI=1S/C21H33N3O4/c1-13(2)20(27)19(12-22)24-21(28)17(14(3)25)11-16(26)9-10-18(23)15-7-5-4-6-8-15/h4-8,13-14,17-19,25H,9-12,22-23H2,1-3H3,(H,24,28)/t14?,17-,18?,19-/m0/s1. The van der Waals surface area contributed by atoms with Crippen molar-refractivity contribution in [2.75, 3.05) is 6.54 Å². The van der Waals surface area contributed by atoms with Crippen molar-refractivity contribution in [1.82, 2.24) is 5.32 Å². The molecular formula is C21H33N3O4. The first-order chi connectivity index (χ1) is 13.2. The Kier molecular flexibility index (Phi) is 9.99. The molecule has 1 rings (SSSR count). The Balaban J connectivity index is 2.64. The fourth-order valence-corrected chi connectivity index (χ4v) is 2.94. The molecule has 0 radical (unpaired) electrons. The van der Waals surface area contributed by atoms with Gasteiger partial charge in [0.2, 0.25) is 5.91 Å². The van der Waals surface area contributed by atoms with Crippen molar-refractivity contribution in [3.8, 4) is 0 Å². The van der Waals surface area contributed by atoms with Gasteiger partial charge in [-0.2, -0.15) is 0 Å². The fraction of sp³-hybridized carbons (Fsp3) is 0.571. The van der Waals surface area contributed by atoms with Crippen LogP contribution in [0.15, 0.2) is 30.3 Å². The number of amides is 1. The largest absolute Gasteiger partial charge is 0.393 e. The van der Waals surface area contributed by atoms with Crippen LogP contribution < -0.4 is 16.8 Å². The van der Waals surface area contributed by atoms with E-state index < -0.39 is 24.0 Å². The van der Waals surface area contributed by atoms with Crippen LogP contribution in [0.4, 0.5) is 0 Å². The van der Waals surface area contributed by atoms with E-state index in [-0.39, 0.29) is 42.9 Å². The molecule has 7 heteroatoms. The quantitative estimate of drug-likeness (QED) is 0.421. The number of hydrogen-bond acceptors (Lipinski definition) is 6. The van der Waals surface area contributed by atoms with Gasteiger partial charge in [-0.1, -0.05) is 44.2 Å². The molecule has 1 amide bonds.